The van der Waals surface area contributed by atoms with E-state index in [2.05, 4.69) is 5.32 Å². The summed E-state index contributed by atoms with van der Waals surface area (Å²) >= 11 is 0. The van der Waals surface area contributed by atoms with Crippen LogP contribution in [0.15, 0.2) is 24.3 Å². The van der Waals surface area contributed by atoms with E-state index in [0.29, 0.717) is 30.6 Å². The number of carbonyl (C=O) groups is 2. The topological polar surface area (TPSA) is 86.8 Å². The second-order valence-electron chi connectivity index (χ2n) is 7.38. The molecule has 0 aliphatic carbocycles. The molecule has 0 unspecified atom stereocenters. The zero-order chi connectivity index (χ0) is 19.4. The number of hydrogen-bond donors (Lipinski definition) is 1. The summed E-state index contributed by atoms with van der Waals surface area (Å²) in [6, 6.07) is 6.92. The number of likely N-dealkylation sites (tertiary alicyclic amines) is 1. The molecule has 27 heavy (non-hydrogen) atoms. The number of hydrogen-bond acceptors (Lipinski definition) is 4. The van der Waals surface area contributed by atoms with Crippen molar-refractivity contribution in [3.05, 3.63) is 29.8 Å². The predicted molar refractivity (Wildman–Crippen MR) is 104 cm³/mol. The van der Waals surface area contributed by atoms with E-state index in [1.54, 1.807) is 24.3 Å². The normalized spacial score (nSPS) is 21.7. The molecular formula is C19H27N3O4S. The van der Waals surface area contributed by atoms with Gasteiger partial charge in [-0.15, -0.1) is 0 Å². The van der Waals surface area contributed by atoms with Crippen LogP contribution in [0.4, 0.5) is 5.69 Å². The summed E-state index contributed by atoms with van der Waals surface area (Å²) in [5, 5.41) is 2.84. The first-order chi connectivity index (χ1) is 12.8. The standard InChI is InChI=1S/C19H27N3O4S/c1-27(25,26)22-13-5-6-16(14-22)18(23)20-17-9-7-15(8-10-17)19(24)21-11-3-2-4-12-21/h7-10,16H,2-6,11-14H2,1H3,(H,20,23)/t16-/m0/s1. The number of benzene rings is 1. The van der Waals surface area contributed by atoms with Gasteiger partial charge >= 0.3 is 0 Å². The van der Waals surface area contributed by atoms with E-state index < -0.39 is 10.0 Å². The van der Waals surface area contributed by atoms with Crippen LogP contribution in [-0.4, -0.2) is 61.9 Å². The number of anilines is 1. The first-order valence-electron chi connectivity index (χ1n) is 9.50. The zero-order valence-corrected chi connectivity index (χ0v) is 16.5. The molecule has 2 aliphatic heterocycles. The monoisotopic (exact) mass is 393 g/mol. The lowest BCUT2D eigenvalue weighted by molar-refractivity contribution is -0.120. The molecular weight excluding hydrogens is 366 g/mol. The minimum absolute atomic E-state index is 0.0312. The molecule has 1 aromatic rings. The number of nitrogens with zero attached hydrogens (tertiary/aromatic N) is 2. The lowest BCUT2D eigenvalue weighted by atomic mass is 9.98. The molecule has 1 aromatic carbocycles. The summed E-state index contributed by atoms with van der Waals surface area (Å²) in [4.78, 5) is 26.9. The van der Waals surface area contributed by atoms with E-state index in [9.17, 15) is 18.0 Å². The highest BCUT2D eigenvalue weighted by Gasteiger charge is 2.30. The average Bonchev–Trinajstić information content (AvgIpc) is 2.68. The van der Waals surface area contributed by atoms with Crippen LogP contribution in [0.5, 0.6) is 0 Å². The number of rotatable bonds is 4. The summed E-state index contributed by atoms with van der Waals surface area (Å²) in [7, 11) is -3.28. The maximum atomic E-state index is 12.5. The summed E-state index contributed by atoms with van der Waals surface area (Å²) in [5.41, 5.74) is 1.24. The Bertz CT molecular complexity index is 786. The first kappa shape index (κ1) is 19.8. The van der Waals surface area contributed by atoms with Crippen LogP contribution in [0.1, 0.15) is 42.5 Å². The van der Waals surface area contributed by atoms with E-state index in [1.807, 2.05) is 4.90 Å². The van der Waals surface area contributed by atoms with Crippen LogP contribution in [-0.2, 0) is 14.8 Å². The maximum absolute atomic E-state index is 12.5. The molecule has 2 heterocycles. The fraction of sp³-hybridized carbons (Fsp3) is 0.579. The second-order valence-corrected chi connectivity index (χ2v) is 9.36. The van der Waals surface area contributed by atoms with Crippen molar-refractivity contribution in [2.24, 2.45) is 5.92 Å². The largest absolute Gasteiger partial charge is 0.339 e. The molecule has 0 radical (unpaired) electrons. The minimum atomic E-state index is -3.28. The Morgan fingerprint density at radius 1 is 1.00 bits per heavy atom. The Hall–Kier alpha value is -1.93. The van der Waals surface area contributed by atoms with Gasteiger partial charge in [0.05, 0.1) is 12.2 Å². The minimum Gasteiger partial charge on any atom is -0.339 e. The van der Waals surface area contributed by atoms with Gasteiger partial charge in [-0.05, 0) is 56.4 Å². The molecule has 148 valence electrons. The van der Waals surface area contributed by atoms with Crippen molar-refractivity contribution in [1.82, 2.24) is 9.21 Å². The lowest BCUT2D eigenvalue weighted by Gasteiger charge is -2.30. The molecule has 2 saturated heterocycles. The smallest absolute Gasteiger partial charge is 0.253 e. The van der Waals surface area contributed by atoms with Crippen LogP contribution >= 0.6 is 0 Å². The average molecular weight is 394 g/mol. The molecule has 2 fully saturated rings. The highest BCUT2D eigenvalue weighted by atomic mass is 32.2. The van der Waals surface area contributed by atoms with Crippen LogP contribution in [0.2, 0.25) is 0 Å². The van der Waals surface area contributed by atoms with Gasteiger partial charge in [0, 0.05) is 37.4 Å². The molecule has 0 saturated carbocycles. The molecule has 8 heteroatoms. The van der Waals surface area contributed by atoms with Gasteiger partial charge in [0.1, 0.15) is 0 Å². The fourth-order valence-electron chi connectivity index (χ4n) is 3.68. The Morgan fingerprint density at radius 2 is 1.67 bits per heavy atom. The second kappa shape index (κ2) is 8.39. The van der Waals surface area contributed by atoms with Crippen LogP contribution in [0, 0.1) is 5.92 Å². The van der Waals surface area contributed by atoms with Crippen molar-refractivity contribution in [1.29, 1.82) is 0 Å². The first-order valence-corrected chi connectivity index (χ1v) is 11.3. The van der Waals surface area contributed by atoms with Crippen molar-refractivity contribution in [3.8, 4) is 0 Å². The van der Waals surface area contributed by atoms with Crippen LogP contribution < -0.4 is 5.32 Å². The zero-order valence-electron chi connectivity index (χ0n) is 15.7. The molecule has 7 nitrogen and oxygen atoms in total. The third kappa shape index (κ3) is 5.07. The predicted octanol–water partition coefficient (Wildman–Crippen LogP) is 1.92. The number of sulfonamides is 1. The maximum Gasteiger partial charge on any atom is 0.253 e. The molecule has 2 amide bonds. The van der Waals surface area contributed by atoms with Crippen molar-refractivity contribution in [2.45, 2.75) is 32.1 Å². The van der Waals surface area contributed by atoms with E-state index in [-0.39, 0.29) is 24.3 Å². The van der Waals surface area contributed by atoms with Gasteiger partial charge in [-0.1, -0.05) is 0 Å². The summed E-state index contributed by atoms with van der Waals surface area (Å²) in [5.74, 6) is -0.509. The number of carbonyl (C=O) groups excluding carboxylic acids is 2. The van der Waals surface area contributed by atoms with Gasteiger partial charge in [-0.25, -0.2) is 12.7 Å². The van der Waals surface area contributed by atoms with Gasteiger partial charge < -0.3 is 10.2 Å². The van der Waals surface area contributed by atoms with Gasteiger partial charge in [0.2, 0.25) is 15.9 Å². The molecule has 1 N–H and O–H groups in total. The van der Waals surface area contributed by atoms with E-state index in [4.69, 9.17) is 0 Å². The quantitative estimate of drug-likeness (QED) is 0.847. The Balaban J connectivity index is 1.59. The van der Waals surface area contributed by atoms with Gasteiger partial charge in [-0.2, -0.15) is 0 Å². The summed E-state index contributed by atoms with van der Waals surface area (Å²) in [6.07, 6.45) is 5.79. The molecule has 0 aromatic heterocycles. The van der Waals surface area contributed by atoms with Gasteiger partial charge in [-0.3, -0.25) is 9.59 Å². The molecule has 2 aliphatic rings. The van der Waals surface area contributed by atoms with Gasteiger partial charge in [0.15, 0.2) is 0 Å². The number of amides is 2. The van der Waals surface area contributed by atoms with Crippen LogP contribution in [0.3, 0.4) is 0 Å². The highest BCUT2D eigenvalue weighted by Crippen LogP contribution is 2.21. The molecule has 0 spiro atoms. The van der Waals surface area contributed by atoms with E-state index in [0.717, 1.165) is 25.9 Å². The Kier molecular flexibility index (Phi) is 6.16. The summed E-state index contributed by atoms with van der Waals surface area (Å²) in [6.45, 7) is 2.29. The van der Waals surface area contributed by atoms with Crippen LogP contribution in [0.25, 0.3) is 0 Å². The van der Waals surface area contributed by atoms with E-state index in [1.165, 1.54) is 17.0 Å². The Morgan fingerprint density at radius 3 is 2.30 bits per heavy atom. The number of piperidine rings is 2. The molecule has 0 bridgehead atoms. The van der Waals surface area contributed by atoms with Gasteiger partial charge in [0.25, 0.3) is 5.91 Å². The summed E-state index contributed by atoms with van der Waals surface area (Å²) < 4.78 is 24.8. The molecule has 3 rings (SSSR count). The fourth-order valence-corrected chi connectivity index (χ4v) is 4.59. The third-order valence-corrected chi connectivity index (χ3v) is 6.54. The van der Waals surface area contributed by atoms with Crippen molar-refractivity contribution in [3.63, 3.8) is 0 Å². The van der Waals surface area contributed by atoms with Crippen molar-refractivity contribution >= 4 is 27.5 Å². The SMILES string of the molecule is CS(=O)(=O)N1CCC[C@H](C(=O)Nc2ccc(C(=O)N3CCCCC3)cc2)C1. The van der Waals surface area contributed by atoms with E-state index >= 15 is 0 Å². The van der Waals surface area contributed by atoms with Crippen molar-refractivity contribution < 1.29 is 18.0 Å². The Labute approximate surface area is 160 Å². The lowest BCUT2D eigenvalue weighted by Crippen LogP contribution is -2.43. The number of nitrogens with one attached hydrogen (secondary N) is 1. The molecule has 1 atom stereocenters. The third-order valence-electron chi connectivity index (χ3n) is 5.27. The van der Waals surface area contributed by atoms with Crippen molar-refractivity contribution in [2.75, 3.05) is 37.8 Å². The highest BCUT2D eigenvalue weighted by molar-refractivity contribution is 7.88.